The third-order valence-electron chi connectivity index (χ3n) is 3.56. The largest absolute Gasteiger partial charge is 0.273 e. The second-order valence-corrected chi connectivity index (χ2v) is 6.57. The van der Waals surface area contributed by atoms with Crippen molar-refractivity contribution in [3.8, 4) is 0 Å². The molecule has 24 heavy (non-hydrogen) atoms. The van der Waals surface area contributed by atoms with E-state index in [-0.39, 0.29) is 12.3 Å². The number of rotatable bonds is 4. The Balaban J connectivity index is 1.70. The second kappa shape index (κ2) is 7.60. The van der Waals surface area contributed by atoms with Crippen molar-refractivity contribution in [3.05, 3.63) is 81.3 Å². The van der Waals surface area contributed by atoms with Gasteiger partial charge in [0.1, 0.15) is 0 Å². The van der Waals surface area contributed by atoms with E-state index >= 15 is 0 Å². The van der Waals surface area contributed by atoms with Crippen molar-refractivity contribution < 1.29 is 4.79 Å². The standard InChI is InChI=1S/C19H14BrClN2O/c20-18-9-8-14(16-6-1-2-7-17(16)18)11-19(24)23-22-12-13-4-3-5-15(21)10-13/h1-10,12H,11H2,(H,23,24)/b22-12+. The molecule has 3 aromatic rings. The van der Waals surface area contributed by atoms with Crippen molar-refractivity contribution in [2.45, 2.75) is 6.42 Å². The summed E-state index contributed by atoms with van der Waals surface area (Å²) in [6, 6.07) is 19.2. The normalized spacial score (nSPS) is 11.1. The fourth-order valence-electron chi connectivity index (χ4n) is 2.46. The first kappa shape index (κ1) is 16.7. The molecule has 3 rings (SSSR count). The predicted molar refractivity (Wildman–Crippen MR) is 103 cm³/mol. The van der Waals surface area contributed by atoms with Crippen LogP contribution in [0.15, 0.2) is 70.2 Å². The van der Waals surface area contributed by atoms with Gasteiger partial charge in [-0.05, 0) is 40.1 Å². The summed E-state index contributed by atoms with van der Waals surface area (Å²) in [5.74, 6) is -0.166. The minimum absolute atomic E-state index is 0.166. The summed E-state index contributed by atoms with van der Waals surface area (Å²) in [5, 5.41) is 6.76. The van der Waals surface area contributed by atoms with E-state index in [1.54, 1.807) is 18.3 Å². The fourth-order valence-corrected chi connectivity index (χ4v) is 3.13. The van der Waals surface area contributed by atoms with Crippen molar-refractivity contribution in [1.82, 2.24) is 5.43 Å². The Hall–Kier alpha value is -2.17. The lowest BCUT2D eigenvalue weighted by Crippen LogP contribution is -2.19. The van der Waals surface area contributed by atoms with Crippen LogP contribution in [-0.2, 0) is 11.2 Å². The van der Waals surface area contributed by atoms with E-state index in [2.05, 4.69) is 26.5 Å². The van der Waals surface area contributed by atoms with E-state index in [0.29, 0.717) is 5.02 Å². The molecule has 0 heterocycles. The molecule has 0 unspecified atom stereocenters. The van der Waals surface area contributed by atoms with Gasteiger partial charge in [-0.1, -0.05) is 70.0 Å². The maximum Gasteiger partial charge on any atom is 0.244 e. The van der Waals surface area contributed by atoms with Crippen LogP contribution in [-0.4, -0.2) is 12.1 Å². The minimum atomic E-state index is -0.166. The van der Waals surface area contributed by atoms with Crippen LogP contribution in [0.1, 0.15) is 11.1 Å². The first-order valence-corrected chi connectivity index (χ1v) is 8.54. The number of hydrazone groups is 1. The Morgan fingerprint density at radius 3 is 2.67 bits per heavy atom. The molecule has 0 aliphatic heterocycles. The minimum Gasteiger partial charge on any atom is -0.273 e. The van der Waals surface area contributed by atoms with E-state index in [0.717, 1.165) is 26.4 Å². The molecule has 0 radical (unpaired) electrons. The van der Waals surface area contributed by atoms with E-state index in [1.807, 2.05) is 48.5 Å². The average Bonchev–Trinajstić information content (AvgIpc) is 2.58. The number of benzene rings is 3. The van der Waals surface area contributed by atoms with Gasteiger partial charge in [-0.3, -0.25) is 4.79 Å². The molecule has 0 fully saturated rings. The lowest BCUT2D eigenvalue weighted by Gasteiger charge is -2.07. The van der Waals surface area contributed by atoms with Crippen LogP contribution in [0.25, 0.3) is 10.8 Å². The monoisotopic (exact) mass is 400 g/mol. The zero-order chi connectivity index (χ0) is 16.9. The van der Waals surface area contributed by atoms with Gasteiger partial charge in [-0.25, -0.2) is 5.43 Å². The molecule has 0 saturated heterocycles. The van der Waals surface area contributed by atoms with Crippen LogP contribution in [0.5, 0.6) is 0 Å². The third-order valence-corrected chi connectivity index (χ3v) is 4.49. The van der Waals surface area contributed by atoms with Gasteiger partial charge in [0.15, 0.2) is 0 Å². The Morgan fingerprint density at radius 1 is 1.08 bits per heavy atom. The second-order valence-electron chi connectivity index (χ2n) is 5.28. The van der Waals surface area contributed by atoms with Crippen molar-refractivity contribution in [1.29, 1.82) is 0 Å². The lowest BCUT2D eigenvalue weighted by molar-refractivity contribution is -0.120. The maximum absolute atomic E-state index is 12.1. The zero-order valence-electron chi connectivity index (χ0n) is 12.7. The number of hydrogen-bond acceptors (Lipinski definition) is 2. The van der Waals surface area contributed by atoms with Crippen LogP contribution in [0, 0.1) is 0 Å². The molecule has 120 valence electrons. The van der Waals surface area contributed by atoms with Crippen LogP contribution in [0.3, 0.4) is 0 Å². The molecular formula is C19H14BrClN2O. The van der Waals surface area contributed by atoms with E-state index in [4.69, 9.17) is 11.6 Å². The van der Waals surface area contributed by atoms with Crippen molar-refractivity contribution in [2.75, 3.05) is 0 Å². The highest BCUT2D eigenvalue weighted by molar-refractivity contribution is 9.10. The first-order chi connectivity index (χ1) is 11.6. The average molecular weight is 402 g/mol. The quantitative estimate of drug-likeness (QED) is 0.488. The highest BCUT2D eigenvalue weighted by Crippen LogP contribution is 2.27. The van der Waals surface area contributed by atoms with Crippen LogP contribution < -0.4 is 5.43 Å². The summed E-state index contributed by atoms with van der Waals surface area (Å²) in [7, 11) is 0. The molecule has 0 spiro atoms. The highest BCUT2D eigenvalue weighted by atomic mass is 79.9. The summed E-state index contributed by atoms with van der Waals surface area (Å²) in [4.78, 5) is 12.1. The maximum atomic E-state index is 12.1. The SMILES string of the molecule is O=C(Cc1ccc(Br)c2ccccc12)N/N=C/c1cccc(Cl)c1. The summed E-state index contributed by atoms with van der Waals surface area (Å²) in [5.41, 5.74) is 4.35. The topological polar surface area (TPSA) is 41.5 Å². The molecule has 3 nitrogen and oxygen atoms in total. The Bertz CT molecular complexity index is 924. The van der Waals surface area contributed by atoms with E-state index in [1.165, 1.54) is 0 Å². The molecule has 3 aromatic carbocycles. The Kier molecular flexibility index (Phi) is 5.28. The van der Waals surface area contributed by atoms with Gasteiger partial charge in [-0.15, -0.1) is 0 Å². The number of carbonyl (C=O) groups excluding carboxylic acids is 1. The molecule has 0 aliphatic rings. The van der Waals surface area contributed by atoms with Crippen molar-refractivity contribution in [3.63, 3.8) is 0 Å². The van der Waals surface area contributed by atoms with Crippen LogP contribution >= 0.6 is 27.5 Å². The van der Waals surface area contributed by atoms with Gasteiger partial charge in [0, 0.05) is 9.50 Å². The molecule has 0 bridgehead atoms. The third kappa shape index (κ3) is 4.02. The zero-order valence-corrected chi connectivity index (χ0v) is 15.0. The predicted octanol–water partition coefficient (Wildman–Crippen LogP) is 4.95. The number of nitrogens with one attached hydrogen (secondary N) is 1. The number of carbonyl (C=O) groups is 1. The summed E-state index contributed by atoms with van der Waals surface area (Å²) in [6.07, 6.45) is 1.84. The molecule has 0 aromatic heterocycles. The number of amides is 1. The molecule has 5 heteroatoms. The smallest absolute Gasteiger partial charge is 0.244 e. The Morgan fingerprint density at radius 2 is 1.88 bits per heavy atom. The van der Waals surface area contributed by atoms with Crippen LogP contribution in [0.4, 0.5) is 0 Å². The molecule has 1 amide bonds. The summed E-state index contributed by atoms with van der Waals surface area (Å²) < 4.78 is 1.02. The van der Waals surface area contributed by atoms with Crippen LogP contribution in [0.2, 0.25) is 5.02 Å². The molecule has 0 atom stereocenters. The summed E-state index contributed by atoms with van der Waals surface area (Å²) >= 11 is 9.45. The lowest BCUT2D eigenvalue weighted by atomic mass is 10.0. The fraction of sp³-hybridized carbons (Fsp3) is 0.0526. The molecule has 0 saturated carbocycles. The van der Waals surface area contributed by atoms with Gasteiger partial charge in [0.25, 0.3) is 0 Å². The number of nitrogens with zero attached hydrogens (tertiary/aromatic N) is 1. The highest BCUT2D eigenvalue weighted by Gasteiger charge is 2.08. The van der Waals surface area contributed by atoms with Gasteiger partial charge in [0.05, 0.1) is 12.6 Å². The number of fused-ring (bicyclic) bond motifs is 1. The van der Waals surface area contributed by atoms with E-state index in [9.17, 15) is 4.79 Å². The number of hydrogen-bond donors (Lipinski definition) is 1. The number of halogens is 2. The van der Waals surface area contributed by atoms with Gasteiger partial charge >= 0.3 is 0 Å². The Labute approximate surface area is 153 Å². The molecule has 0 aliphatic carbocycles. The van der Waals surface area contributed by atoms with Gasteiger partial charge < -0.3 is 0 Å². The van der Waals surface area contributed by atoms with Crippen molar-refractivity contribution >= 4 is 50.4 Å². The molecular weight excluding hydrogens is 388 g/mol. The van der Waals surface area contributed by atoms with Crippen molar-refractivity contribution in [2.24, 2.45) is 5.10 Å². The van der Waals surface area contributed by atoms with Gasteiger partial charge in [0.2, 0.25) is 5.91 Å². The van der Waals surface area contributed by atoms with Gasteiger partial charge in [-0.2, -0.15) is 5.10 Å². The molecule has 1 N–H and O–H groups in total. The van der Waals surface area contributed by atoms with E-state index < -0.39 is 0 Å². The summed E-state index contributed by atoms with van der Waals surface area (Å²) in [6.45, 7) is 0. The first-order valence-electron chi connectivity index (χ1n) is 7.37.